The van der Waals surface area contributed by atoms with Crippen LogP contribution >= 0.6 is 0 Å². The molecule has 2 N–H and O–H groups in total. The number of hydrogen-bond acceptors (Lipinski definition) is 2. The molecule has 1 aromatic carbocycles. The summed E-state index contributed by atoms with van der Waals surface area (Å²) in [7, 11) is 2.04. The zero-order valence-electron chi connectivity index (χ0n) is 11.4. The van der Waals surface area contributed by atoms with Gasteiger partial charge in [0.05, 0.1) is 0 Å². The van der Waals surface area contributed by atoms with Crippen molar-refractivity contribution >= 4 is 16.9 Å². The van der Waals surface area contributed by atoms with Gasteiger partial charge in [0.25, 0.3) is 0 Å². The lowest BCUT2D eigenvalue weighted by Crippen LogP contribution is -2.53. The summed E-state index contributed by atoms with van der Waals surface area (Å²) in [6.45, 7) is 4.60. The van der Waals surface area contributed by atoms with Crippen LogP contribution in [0.5, 0.6) is 0 Å². The maximum Gasteiger partial charge on any atom is 0.321 e. The van der Waals surface area contributed by atoms with Crippen LogP contribution in [-0.2, 0) is 23.8 Å². The molecule has 0 radical (unpaired) electrons. The maximum atomic E-state index is 11.5. The number of nitrogens with one attached hydrogen (secondary N) is 1. The standard InChI is InChI=1S/C15H18N2O2/c1-15(2)12-9-6-4-5-7-10(9)17(3)11(12)8-16-13(15)14(18)19/h4-7,13,16H,8H2,1-3H3,(H,18,19)/t13-/m1/s1. The molecule has 1 aliphatic heterocycles. The van der Waals surface area contributed by atoms with Crippen LogP contribution in [0.15, 0.2) is 24.3 Å². The van der Waals surface area contributed by atoms with Crippen molar-refractivity contribution in [3.05, 3.63) is 35.5 Å². The van der Waals surface area contributed by atoms with Gasteiger partial charge in [-0.2, -0.15) is 0 Å². The average Bonchev–Trinajstić information content (AvgIpc) is 2.64. The fraction of sp³-hybridized carbons (Fsp3) is 0.400. The highest BCUT2D eigenvalue weighted by molar-refractivity contribution is 5.89. The van der Waals surface area contributed by atoms with Crippen LogP contribution in [-0.4, -0.2) is 21.7 Å². The first kappa shape index (κ1) is 12.2. The third-order valence-corrected chi connectivity index (χ3v) is 4.31. The van der Waals surface area contributed by atoms with Gasteiger partial charge < -0.3 is 9.67 Å². The lowest BCUT2D eigenvalue weighted by molar-refractivity contribution is -0.141. The van der Waals surface area contributed by atoms with E-state index in [1.165, 1.54) is 5.69 Å². The van der Waals surface area contributed by atoms with Gasteiger partial charge >= 0.3 is 5.97 Å². The topological polar surface area (TPSA) is 54.3 Å². The molecule has 0 bridgehead atoms. The predicted octanol–water partition coefficient (Wildman–Crippen LogP) is 2.01. The number of aliphatic carboxylic acids is 1. The van der Waals surface area contributed by atoms with Crippen LogP contribution in [0.3, 0.4) is 0 Å². The normalized spacial score (nSPS) is 21.3. The molecule has 0 unspecified atom stereocenters. The highest BCUT2D eigenvalue weighted by Gasteiger charge is 2.43. The van der Waals surface area contributed by atoms with Crippen LogP contribution in [0.25, 0.3) is 10.9 Å². The van der Waals surface area contributed by atoms with Gasteiger partial charge in [0.15, 0.2) is 0 Å². The number of aryl methyl sites for hydroxylation is 1. The molecule has 19 heavy (non-hydrogen) atoms. The van der Waals surface area contributed by atoms with Gasteiger partial charge in [-0.25, -0.2) is 0 Å². The molecule has 1 aliphatic rings. The van der Waals surface area contributed by atoms with Crippen LogP contribution in [0.2, 0.25) is 0 Å². The highest BCUT2D eigenvalue weighted by atomic mass is 16.4. The average molecular weight is 258 g/mol. The van der Waals surface area contributed by atoms with E-state index in [9.17, 15) is 9.90 Å². The van der Waals surface area contributed by atoms with E-state index in [4.69, 9.17) is 0 Å². The first-order chi connectivity index (χ1) is 8.94. The van der Waals surface area contributed by atoms with Crippen molar-refractivity contribution in [2.24, 2.45) is 7.05 Å². The summed E-state index contributed by atoms with van der Waals surface area (Å²) in [6, 6.07) is 7.64. The van der Waals surface area contributed by atoms with Gasteiger partial charge in [0, 0.05) is 35.6 Å². The second kappa shape index (κ2) is 3.84. The number of aromatic nitrogens is 1. The number of hydrogen-bond donors (Lipinski definition) is 2. The quantitative estimate of drug-likeness (QED) is 0.822. The van der Waals surface area contributed by atoms with E-state index in [-0.39, 0.29) is 0 Å². The summed E-state index contributed by atoms with van der Waals surface area (Å²) in [5, 5.41) is 13.7. The van der Waals surface area contributed by atoms with Gasteiger partial charge in [-0.1, -0.05) is 32.0 Å². The van der Waals surface area contributed by atoms with Gasteiger partial charge in [0.2, 0.25) is 0 Å². The molecule has 0 spiro atoms. The van der Waals surface area contributed by atoms with Crippen molar-refractivity contribution in [1.82, 2.24) is 9.88 Å². The number of nitrogens with zero attached hydrogens (tertiary/aromatic N) is 1. The Bertz CT molecular complexity index is 670. The second-order valence-corrected chi connectivity index (χ2v) is 5.77. The highest BCUT2D eigenvalue weighted by Crippen LogP contribution is 2.40. The van der Waals surface area contributed by atoms with E-state index in [2.05, 4.69) is 22.0 Å². The number of carboxylic acid groups (broad SMARTS) is 1. The molecule has 0 fully saturated rings. The Morgan fingerprint density at radius 1 is 1.42 bits per heavy atom. The van der Waals surface area contributed by atoms with E-state index in [1.54, 1.807) is 0 Å². The van der Waals surface area contributed by atoms with E-state index >= 15 is 0 Å². The second-order valence-electron chi connectivity index (χ2n) is 5.77. The zero-order chi connectivity index (χ0) is 13.8. The molecular weight excluding hydrogens is 240 g/mol. The Hall–Kier alpha value is -1.81. The summed E-state index contributed by atoms with van der Waals surface area (Å²) >= 11 is 0. The minimum atomic E-state index is -0.788. The molecule has 100 valence electrons. The lowest BCUT2D eigenvalue weighted by Gasteiger charge is -2.37. The van der Waals surface area contributed by atoms with Crippen LogP contribution in [0.4, 0.5) is 0 Å². The Morgan fingerprint density at radius 2 is 2.11 bits per heavy atom. The fourth-order valence-corrected chi connectivity index (χ4v) is 3.37. The summed E-state index contributed by atoms with van der Waals surface area (Å²) in [5.41, 5.74) is 3.08. The minimum absolute atomic E-state index is 0.430. The monoisotopic (exact) mass is 258 g/mol. The first-order valence-electron chi connectivity index (χ1n) is 6.47. The van der Waals surface area contributed by atoms with Gasteiger partial charge in [-0.05, 0) is 11.6 Å². The zero-order valence-corrected chi connectivity index (χ0v) is 11.4. The molecular formula is C15H18N2O2. The van der Waals surface area contributed by atoms with Crippen LogP contribution in [0, 0.1) is 0 Å². The molecule has 4 nitrogen and oxygen atoms in total. The molecule has 1 atom stereocenters. The molecule has 1 aromatic heterocycles. The summed E-state index contributed by atoms with van der Waals surface area (Å²) < 4.78 is 2.16. The van der Waals surface area contributed by atoms with Crippen molar-refractivity contribution < 1.29 is 9.90 Å². The SMILES string of the molecule is Cn1c2c(c3ccccc31)C(C)(C)[C@@H](C(=O)O)NC2. The van der Waals surface area contributed by atoms with Crippen molar-refractivity contribution in [3.63, 3.8) is 0 Å². The lowest BCUT2D eigenvalue weighted by atomic mass is 9.74. The number of rotatable bonds is 1. The van der Waals surface area contributed by atoms with E-state index in [0.29, 0.717) is 6.54 Å². The molecule has 4 heteroatoms. The molecule has 0 aliphatic carbocycles. The van der Waals surface area contributed by atoms with Gasteiger partial charge in [0.1, 0.15) is 6.04 Å². The first-order valence-corrected chi connectivity index (χ1v) is 6.47. The van der Waals surface area contributed by atoms with E-state index < -0.39 is 17.4 Å². The van der Waals surface area contributed by atoms with Crippen molar-refractivity contribution in [1.29, 1.82) is 0 Å². The van der Waals surface area contributed by atoms with Gasteiger partial charge in [-0.15, -0.1) is 0 Å². The third-order valence-electron chi connectivity index (χ3n) is 4.31. The van der Waals surface area contributed by atoms with Crippen molar-refractivity contribution in [3.8, 4) is 0 Å². The number of carbonyl (C=O) groups is 1. The van der Waals surface area contributed by atoms with Crippen molar-refractivity contribution in [2.45, 2.75) is 31.8 Å². The number of benzene rings is 1. The molecule has 2 aromatic rings. The minimum Gasteiger partial charge on any atom is -0.480 e. The van der Waals surface area contributed by atoms with Crippen molar-refractivity contribution in [2.75, 3.05) is 0 Å². The fourth-order valence-electron chi connectivity index (χ4n) is 3.37. The summed E-state index contributed by atoms with van der Waals surface area (Å²) in [4.78, 5) is 11.5. The molecule has 0 amide bonds. The van der Waals surface area contributed by atoms with Crippen LogP contribution in [0.1, 0.15) is 25.1 Å². The third kappa shape index (κ3) is 1.53. The molecule has 0 saturated heterocycles. The van der Waals surface area contributed by atoms with E-state index in [1.807, 2.05) is 33.0 Å². The number of para-hydroxylation sites is 1. The summed E-state index contributed by atoms with van der Waals surface area (Å²) in [6.07, 6.45) is 0. The molecule has 2 heterocycles. The maximum absolute atomic E-state index is 11.5. The largest absolute Gasteiger partial charge is 0.480 e. The molecule has 3 rings (SSSR count). The van der Waals surface area contributed by atoms with Gasteiger partial charge in [-0.3, -0.25) is 10.1 Å². The summed E-state index contributed by atoms with van der Waals surface area (Å²) in [5.74, 6) is -0.788. The smallest absolute Gasteiger partial charge is 0.321 e. The Kier molecular flexibility index (Phi) is 2.47. The molecule has 0 saturated carbocycles. The van der Waals surface area contributed by atoms with E-state index in [0.717, 1.165) is 16.5 Å². The number of fused-ring (bicyclic) bond motifs is 3. The predicted molar refractivity (Wildman–Crippen MR) is 74.2 cm³/mol. The van der Waals surface area contributed by atoms with Crippen LogP contribution < -0.4 is 5.32 Å². The Labute approximate surface area is 112 Å². The Morgan fingerprint density at radius 3 is 2.79 bits per heavy atom. The number of carboxylic acids is 1. The Balaban J connectivity index is 2.33.